The van der Waals surface area contributed by atoms with Gasteiger partial charge in [-0.3, -0.25) is 5.10 Å². The number of carbonyl (C=O) groups excluding carboxylic acids is 1. The van der Waals surface area contributed by atoms with Crippen LogP contribution in [0.4, 0.5) is 26.4 Å². The number of fused-ring (bicyclic) bond motifs is 1. The molecule has 1 heterocycles. The lowest BCUT2D eigenvalue weighted by Gasteiger charge is -2.11. The van der Waals surface area contributed by atoms with Gasteiger partial charge in [0.05, 0.1) is 17.7 Å². The zero-order valence-electron chi connectivity index (χ0n) is 18.2. The monoisotopic (exact) mass is 449 g/mol. The molecule has 4 aromatic rings. The van der Waals surface area contributed by atoms with E-state index in [4.69, 9.17) is 15.2 Å². The summed E-state index contributed by atoms with van der Waals surface area (Å²) >= 11 is 0. The first-order valence-corrected chi connectivity index (χ1v) is 10.3. The van der Waals surface area contributed by atoms with Gasteiger partial charge in [-0.25, -0.2) is 9.18 Å². The maximum Gasteiger partial charge on any atom is 0.323 e. The summed E-state index contributed by atoms with van der Waals surface area (Å²) in [5.74, 6) is 0.495. The van der Waals surface area contributed by atoms with E-state index < -0.39 is 11.8 Å². The van der Waals surface area contributed by atoms with Crippen LogP contribution in [0.25, 0.3) is 22.0 Å². The van der Waals surface area contributed by atoms with E-state index in [0.717, 1.165) is 22.1 Å². The molecule has 33 heavy (non-hydrogen) atoms. The Bertz CT molecular complexity index is 1290. The van der Waals surface area contributed by atoms with E-state index in [1.807, 2.05) is 31.2 Å². The summed E-state index contributed by atoms with van der Waals surface area (Å²) in [4.78, 5) is 12.3. The SMILES string of the molecule is COCCOc1ccc(-c2ccc(NC(=O)Nc3cc(C)ccc3F)cc2)c2c(N)n[nH]c12. The minimum absolute atomic E-state index is 0.120. The number of benzene rings is 3. The van der Waals surface area contributed by atoms with Crippen molar-refractivity contribution in [3.05, 3.63) is 66.0 Å². The standard InChI is InChI=1S/C24H24FN5O3/c1-14-3-9-18(25)19(13-14)28-24(31)27-16-6-4-15(5-7-16)17-8-10-20(33-12-11-32-2)22-21(17)23(26)30-29-22/h3-10,13H,11-12H2,1-2H3,(H3,26,29,30)(H2,27,28,31). The van der Waals surface area contributed by atoms with Crippen molar-refractivity contribution in [3.8, 4) is 16.9 Å². The third-order valence-corrected chi connectivity index (χ3v) is 5.08. The van der Waals surface area contributed by atoms with Crippen molar-refractivity contribution in [1.29, 1.82) is 0 Å². The maximum absolute atomic E-state index is 13.9. The first-order valence-electron chi connectivity index (χ1n) is 10.3. The molecule has 0 spiro atoms. The lowest BCUT2D eigenvalue weighted by Crippen LogP contribution is -2.20. The molecule has 5 N–H and O–H groups in total. The molecule has 1 aromatic heterocycles. The highest BCUT2D eigenvalue weighted by molar-refractivity contribution is 6.04. The van der Waals surface area contributed by atoms with Gasteiger partial charge in [0, 0.05) is 12.8 Å². The first kappa shape index (κ1) is 22.1. The summed E-state index contributed by atoms with van der Waals surface area (Å²) in [5.41, 5.74) is 10.1. The molecule has 0 saturated heterocycles. The smallest absolute Gasteiger partial charge is 0.323 e. The number of rotatable bonds is 7. The number of hydrogen-bond donors (Lipinski definition) is 4. The van der Waals surface area contributed by atoms with Crippen molar-refractivity contribution >= 4 is 34.1 Å². The van der Waals surface area contributed by atoms with Crippen LogP contribution in [0.1, 0.15) is 5.56 Å². The van der Waals surface area contributed by atoms with Crippen molar-refractivity contribution < 1.29 is 18.7 Å². The van der Waals surface area contributed by atoms with Crippen LogP contribution in [-0.4, -0.2) is 36.6 Å². The summed E-state index contributed by atoms with van der Waals surface area (Å²) in [6.45, 7) is 2.69. The van der Waals surface area contributed by atoms with E-state index in [1.54, 1.807) is 31.4 Å². The average molecular weight is 449 g/mol. The molecule has 0 aliphatic carbocycles. The number of H-pyrrole nitrogens is 1. The Labute approximate surface area is 189 Å². The number of nitrogens with two attached hydrogens (primary N) is 1. The van der Waals surface area contributed by atoms with Gasteiger partial charge in [-0.15, -0.1) is 0 Å². The van der Waals surface area contributed by atoms with E-state index in [9.17, 15) is 9.18 Å². The number of nitrogens with one attached hydrogen (secondary N) is 3. The average Bonchev–Trinajstić information content (AvgIpc) is 3.19. The van der Waals surface area contributed by atoms with Gasteiger partial charge in [-0.1, -0.05) is 18.2 Å². The fourth-order valence-corrected chi connectivity index (χ4v) is 3.48. The molecule has 0 unspecified atom stereocenters. The van der Waals surface area contributed by atoms with Crippen LogP contribution in [-0.2, 0) is 4.74 Å². The van der Waals surface area contributed by atoms with Crippen LogP contribution >= 0.6 is 0 Å². The van der Waals surface area contributed by atoms with Gasteiger partial charge in [0.2, 0.25) is 0 Å². The number of anilines is 3. The molecule has 0 atom stereocenters. The fraction of sp³-hybridized carbons (Fsp3) is 0.167. The van der Waals surface area contributed by atoms with Gasteiger partial charge in [-0.05, 0) is 60.0 Å². The second-order valence-corrected chi connectivity index (χ2v) is 7.45. The predicted octanol–water partition coefficient (Wildman–Crippen LogP) is 4.93. The number of hydrogen-bond acceptors (Lipinski definition) is 5. The molecular formula is C24H24FN5O3. The Balaban J connectivity index is 1.52. The molecule has 0 saturated carbocycles. The number of urea groups is 1. The second kappa shape index (κ2) is 9.58. The van der Waals surface area contributed by atoms with Crippen molar-refractivity contribution in [2.24, 2.45) is 0 Å². The van der Waals surface area contributed by atoms with E-state index >= 15 is 0 Å². The van der Waals surface area contributed by atoms with Crippen LogP contribution in [0.3, 0.4) is 0 Å². The van der Waals surface area contributed by atoms with Crippen LogP contribution in [0.2, 0.25) is 0 Å². The quantitative estimate of drug-likeness (QED) is 0.299. The fourth-order valence-electron chi connectivity index (χ4n) is 3.48. The Hall–Kier alpha value is -4.11. The van der Waals surface area contributed by atoms with Crippen LogP contribution in [0.5, 0.6) is 5.75 Å². The van der Waals surface area contributed by atoms with Gasteiger partial charge < -0.3 is 25.8 Å². The second-order valence-electron chi connectivity index (χ2n) is 7.45. The van der Waals surface area contributed by atoms with Gasteiger partial charge in [0.15, 0.2) is 5.82 Å². The number of aromatic nitrogens is 2. The molecule has 0 fully saturated rings. The van der Waals surface area contributed by atoms with Crippen molar-refractivity contribution in [1.82, 2.24) is 10.2 Å². The van der Waals surface area contributed by atoms with Crippen LogP contribution in [0, 0.1) is 12.7 Å². The topological polar surface area (TPSA) is 114 Å². The summed E-state index contributed by atoms with van der Waals surface area (Å²) in [6.07, 6.45) is 0. The molecule has 4 rings (SSSR count). The lowest BCUT2D eigenvalue weighted by molar-refractivity contribution is 0.147. The number of aryl methyl sites for hydroxylation is 1. The maximum atomic E-state index is 13.9. The minimum Gasteiger partial charge on any atom is -0.489 e. The number of methoxy groups -OCH3 is 1. The number of ether oxygens (including phenoxy) is 2. The van der Waals surface area contributed by atoms with Crippen molar-refractivity contribution in [2.45, 2.75) is 6.92 Å². The Kier molecular flexibility index (Phi) is 6.41. The predicted molar refractivity (Wildman–Crippen MR) is 127 cm³/mol. The molecule has 8 nitrogen and oxygen atoms in total. The first-order chi connectivity index (χ1) is 16.0. The highest BCUT2D eigenvalue weighted by Gasteiger charge is 2.15. The minimum atomic E-state index is -0.536. The zero-order chi connectivity index (χ0) is 23.4. The van der Waals surface area contributed by atoms with E-state index in [2.05, 4.69) is 20.8 Å². The highest BCUT2D eigenvalue weighted by Crippen LogP contribution is 2.36. The highest BCUT2D eigenvalue weighted by atomic mass is 19.1. The summed E-state index contributed by atoms with van der Waals surface area (Å²) < 4.78 is 24.7. The van der Waals surface area contributed by atoms with Crippen LogP contribution < -0.4 is 21.1 Å². The summed E-state index contributed by atoms with van der Waals surface area (Å²) in [7, 11) is 1.61. The molecule has 0 aliphatic heterocycles. The molecule has 0 aliphatic rings. The third kappa shape index (κ3) is 4.88. The van der Waals surface area contributed by atoms with Crippen LogP contribution in [0.15, 0.2) is 54.6 Å². The number of amides is 2. The van der Waals surface area contributed by atoms with Gasteiger partial charge in [0.25, 0.3) is 0 Å². The van der Waals surface area contributed by atoms with Gasteiger partial charge in [-0.2, -0.15) is 5.10 Å². The molecule has 170 valence electrons. The number of nitrogen functional groups attached to an aromatic ring is 1. The number of halogens is 1. The molecule has 3 aromatic carbocycles. The van der Waals surface area contributed by atoms with E-state index in [1.165, 1.54) is 6.07 Å². The van der Waals surface area contributed by atoms with Gasteiger partial charge in [0.1, 0.15) is 23.7 Å². The number of nitrogens with zero attached hydrogens (tertiary/aromatic N) is 1. The lowest BCUT2D eigenvalue weighted by atomic mass is 10.0. The Morgan fingerprint density at radius 1 is 1.09 bits per heavy atom. The summed E-state index contributed by atoms with van der Waals surface area (Å²) in [5, 5.41) is 13.0. The zero-order valence-corrected chi connectivity index (χ0v) is 18.2. The Morgan fingerprint density at radius 2 is 1.88 bits per heavy atom. The van der Waals surface area contributed by atoms with E-state index in [-0.39, 0.29) is 5.69 Å². The molecular weight excluding hydrogens is 425 g/mol. The summed E-state index contributed by atoms with van der Waals surface area (Å²) in [6, 6.07) is 15.0. The van der Waals surface area contributed by atoms with E-state index in [0.29, 0.717) is 36.0 Å². The Morgan fingerprint density at radius 3 is 2.64 bits per heavy atom. The normalized spacial score (nSPS) is 10.9. The molecule has 0 radical (unpaired) electrons. The third-order valence-electron chi connectivity index (χ3n) is 5.08. The molecule has 0 bridgehead atoms. The number of aromatic amines is 1. The number of carbonyl (C=O) groups is 1. The largest absolute Gasteiger partial charge is 0.489 e. The van der Waals surface area contributed by atoms with Crippen molar-refractivity contribution in [3.63, 3.8) is 0 Å². The van der Waals surface area contributed by atoms with Gasteiger partial charge >= 0.3 is 6.03 Å². The molecule has 9 heteroatoms. The molecule has 2 amide bonds. The van der Waals surface area contributed by atoms with Crippen molar-refractivity contribution in [2.75, 3.05) is 36.7 Å².